The van der Waals surface area contributed by atoms with Crippen LogP contribution >= 0.6 is 0 Å². The van der Waals surface area contributed by atoms with E-state index in [1.165, 1.54) is 11.1 Å². The van der Waals surface area contributed by atoms with Crippen molar-refractivity contribution in [2.45, 2.75) is 33.2 Å². The maximum absolute atomic E-state index is 12.1. The summed E-state index contributed by atoms with van der Waals surface area (Å²) in [6.45, 7) is 6.46. The van der Waals surface area contributed by atoms with Gasteiger partial charge in [-0.1, -0.05) is 23.8 Å². The Bertz CT molecular complexity index is 680. The van der Waals surface area contributed by atoms with Crippen LogP contribution < -0.4 is 14.8 Å². The zero-order valence-electron chi connectivity index (χ0n) is 14.8. The van der Waals surface area contributed by atoms with Gasteiger partial charge in [0.15, 0.2) is 0 Å². The second kappa shape index (κ2) is 8.39. The van der Waals surface area contributed by atoms with Crippen molar-refractivity contribution < 1.29 is 14.3 Å². The zero-order valence-corrected chi connectivity index (χ0v) is 14.8. The van der Waals surface area contributed by atoms with Crippen LogP contribution in [0.3, 0.4) is 0 Å². The van der Waals surface area contributed by atoms with Crippen molar-refractivity contribution >= 4 is 5.91 Å². The van der Waals surface area contributed by atoms with Crippen molar-refractivity contribution in [3.05, 3.63) is 59.2 Å². The molecule has 1 unspecified atom stereocenters. The van der Waals surface area contributed by atoms with Crippen molar-refractivity contribution in [3.63, 3.8) is 0 Å². The minimum Gasteiger partial charge on any atom is -0.497 e. The Labute approximate surface area is 143 Å². The molecule has 0 aliphatic heterocycles. The summed E-state index contributed by atoms with van der Waals surface area (Å²) in [5.41, 5.74) is 3.53. The van der Waals surface area contributed by atoms with Crippen LogP contribution in [0.1, 0.15) is 36.1 Å². The normalized spacial score (nSPS) is 11.7. The molecule has 2 aromatic carbocycles. The molecule has 0 aliphatic carbocycles. The summed E-state index contributed by atoms with van der Waals surface area (Å²) >= 11 is 0. The van der Waals surface area contributed by atoms with Crippen LogP contribution in [0.4, 0.5) is 0 Å². The van der Waals surface area contributed by atoms with Crippen LogP contribution in [0.2, 0.25) is 0 Å². The monoisotopic (exact) mass is 327 g/mol. The second-order valence-electron chi connectivity index (χ2n) is 5.92. The van der Waals surface area contributed by atoms with E-state index in [1.54, 1.807) is 7.11 Å². The Morgan fingerprint density at radius 2 is 1.75 bits per heavy atom. The molecule has 0 saturated heterocycles. The highest BCUT2D eigenvalue weighted by Crippen LogP contribution is 2.19. The van der Waals surface area contributed by atoms with Crippen molar-refractivity contribution in [3.8, 4) is 11.5 Å². The molecule has 0 saturated carbocycles. The van der Waals surface area contributed by atoms with E-state index < -0.39 is 0 Å². The minimum absolute atomic E-state index is 0.0154. The number of hydrogen-bond donors (Lipinski definition) is 1. The van der Waals surface area contributed by atoms with E-state index in [0.717, 1.165) is 17.1 Å². The van der Waals surface area contributed by atoms with E-state index >= 15 is 0 Å². The number of rotatable bonds is 7. The van der Waals surface area contributed by atoms with Gasteiger partial charge in [-0.2, -0.15) is 0 Å². The van der Waals surface area contributed by atoms with Gasteiger partial charge in [0.2, 0.25) is 5.91 Å². The van der Waals surface area contributed by atoms with Gasteiger partial charge in [-0.3, -0.25) is 4.79 Å². The molecule has 1 amide bonds. The fourth-order valence-electron chi connectivity index (χ4n) is 2.55. The van der Waals surface area contributed by atoms with Crippen LogP contribution in [0.5, 0.6) is 11.5 Å². The molecule has 2 rings (SSSR count). The smallest absolute Gasteiger partial charge is 0.223 e. The van der Waals surface area contributed by atoms with E-state index in [4.69, 9.17) is 9.47 Å². The molecule has 1 atom stereocenters. The number of carbonyl (C=O) groups excluding carboxylic acids is 1. The number of hydrogen-bond acceptors (Lipinski definition) is 3. The maximum atomic E-state index is 12.1. The molecule has 0 radical (unpaired) electrons. The average molecular weight is 327 g/mol. The zero-order chi connectivity index (χ0) is 17.5. The van der Waals surface area contributed by atoms with Gasteiger partial charge in [-0.05, 0) is 56.2 Å². The highest BCUT2D eigenvalue weighted by atomic mass is 16.5. The lowest BCUT2D eigenvalue weighted by Gasteiger charge is -2.17. The molecule has 1 N–H and O–H groups in total. The second-order valence-corrected chi connectivity index (χ2v) is 5.92. The molecule has 0 fully saturated rings. The van der Waals surface area contributed by atoms with Crippen molar-refractivity contribution in [2.24, 2.45) is 0 Å². The Morgan fingerprint density at radius 3 is 2.42 bits per heavy atom. The predicted molar refractivity (Wildman–Crippen MR) is 95.6 cm³/mol. The van der Waals surface area contributed by atoms with E-state index in [9.17, 15) is 4.79 Å². The van der Waals surface area contributed by atoms with Gasteiger partial charge in [0.1, 0.15) is 11.5 Å². The molecule has 24 heavy (non-hydrogen) atoms. The lowest BCUT2D eigenvalue weighted by atomic mass is 10.00. The highest BCUT2D eigenvalue weighted by Gasteiger charge is 2.12. The lowest BCUT2D eigenvalue weighted by Crippen LogP contribution is -2.28. The van der Waals surface area contributed by atoms with Crippen molar-refractivity contribution in [1.82, 2.24) is 5.32 Å². The SMILES string of the molecule is COc1ccc(OCCC(=O)NC(C)c2cc(C)ccc2C)cc1. The van der Waals surface area contributed by atoms with Gasteiger partial charge < -0.3 is 14.8 Å². The molecule has 2 aromatic rings. The largest absolute Gasteiger partial charge is 0.497 e. The first-order valence-corrected chi connectivity index (χ1v) is 8.13. The van der Waals surface area contributed by atoms with Gasteiger partial charge in [0.05, 0.1) is 26.2 Å². The van der Waals surface area contributed by atoms with Crippen LogP contribution in [0.25, 0.3) is 0 Å². The molecule has 128 valence electrons. The summed E-state index contributed by atoms with van der Waals surface area (Å²) < 4.78 is 10.7. The summed E-state index contributed by atoms with van der Waals surface area (Å²) in [6, 6.07) is 13.6. The molecular weight excluding hydrogens is 302 g/mol. The average Bonchev–Trinajstić information content (AvgIpc) is 2.57. The molecule has 0 heterocycles. The minimum atomic E-state index is -0.0167. The third-order valence-electron chi connectivity index (χ3n) is 3.94. The van der Waals surface area contributed by atoms with E-state index in [0.29, 0.717) is 13.0 Å². The van der Waals surface area contributed by atoms with E-state index in [-0.39, 0.29) is 11.9 Å². The molecule has 0 spiro atoms. The van der Waals surface area contributed by atoms with Crippen LogP contribution in [0, 0.1) is 13.8 Å². The van der Waals surface area contributed by atoms with Crippen molar-refractivity contribution in [2.75, 3.05) is 13.7 Å². The molecule has 0 bridgehead atoms. The van der Waals surface area contributed by atoms with Gasteiger partial charge in [-0.25, -0.2) is 0 Å². The van der Waals surface area contributed by atoms with Gasteiger partial charge in [0.25, 0.3) is 0 Å². The Hall–Kier alpha value is -2.49. The molecule has 0 aliphatic rings. The highest BCUT2D eigenvalue weighted by molar-refractivity contribution is 5.76. The Balaban J connectivity index is 1.81. The summed E-state index contributed by atoms with van der Waals surface area (Å²) in [5.74, 6) is 1.49. The molecule has 0 aromatic heterocycles. The first-order chi connectivity index (χ1) is 11.5. The van der Waals surface area contributed by atoms with Crippen LogP contribution in [-0.2, 0) is 4.79 Å². The predicted octanol–water partition coefficient (Wildman–Crippen LogP) is 3.96. The van der Waals surface area contributed by atoms with Gasteiger partial charge in [0, 0.05) is 0 Å². The fourth-order valence-corrected chi connectivity index (χ4v) is 2.55. The summed E-state index contributed by atoms with van der Waals surface area (Å²) in [7, 11) is 1.62. The topological polar surface area (TPSA) is 47.6 Å². The quantitative estimate of drug-likeness (QED) is 0.837. The van der Waals surface area contributed by atoms with E-state index in [1.807, 2.05) is 31.2 Å². The number of aryl methyl sites for hydroxylation is 2. The Morgan fingerprint density at radius 1 is 1.08 bits per heavy atom. The van der Waals surface area contributed by atoms with Crippen molar-refractivity contribution in [1.29, 1.82) is 0 Å². The number of benzene rings is 2. The first kappa shape index (κ1) is 17.9. The molecular formula is C20H25NO3. The third-order valence-corrected chi connectivity index (χ3v) is 3.94. The van der Waals surface area contributed by atoms with Crippen LogP contribution in [0.15, 0.2) is 42.5 Å². The molecule has 4 heteroatoms. The van der Waals surface area contributed by atoms with Gasteiger partial charge >= 0.3 is 0 Å². The third kappa shape index (κ3) is 5.01. The Kier molecular flexibility index (Phi) is 6.24. The first-order valence-electron chi connectivity index (χ1n) is 8.13. The van der Waals surface area contributed by atoms with E-state index in [2.05, 4.69) is 37.4 Å². The molecule has 4 nitrogen and oxygen atoms in total. The number of carbonyl (C=O) groups is 1. The number of methoxy groups -OCH3 is 1. The summed E-state index contributed by atoms with van der Waals surface area (Å²) in [5, 5.41) is 3.03. The van der Waals surface area contributed by atoms with Gasteiger partial charge in [-0.15, -0.1) is 0 Å². The fraction of sp³-hybridized carbons (Fsp3) is 0.350. The number of ether oxygens (including phenoxy) is 2. The lowest BCUT2D eigenvalue weighted by molar-refractivity contribution is -0.122. The summed E-state index contributed by atoms with van der Waals surface area (Å²) in [4.78, 5) is 12.1. The summed E-state index contributed by atoms with van der Waals surface area (Å²) in [6.07, 6.45) is 0.321. The number of nitrogens with one attached hydrogen (secondary N) is 1. The maximum Gasteiger partial charge on any atom is 0.223 e. The number of amides is 1. The van der Waals surface area contributed by atoms with Crippen LogP contribution in [-0.4, -0.2) is 19.6 Å². The standard InChI is InChI=1S/C20H25NO3/c1-14-5-6-15(2)19(13-14)16(3)21-20(22)11-12-24-18-9-7-17(23-4)8-10-18/h5-10,13,16H,11-12H2,1-4H3,(H,21,22).